The van der Waals surface area contributed by atoms with Crippen LogP contribution in [0.5, 0.6) is 5.75 Å². The number of anilines is 1. The van der Waals surface area contributed by atoms with Crippen molar-refractivity contribution in [1.29, 1.82) is 0 Å². The van der Waals surface area contributed by atoms with Gasteiger partial charge in [-0.25, -0.2) is 0 Å². The Kier molecular flexibility index (Phi) is 9.09. The third-order valence-electron chi connectivity index (χ3n) is 5.40. The molecule has 2 rings (SSSR count). The molecule has 1 saturated heterocycles. The predicted octanol–water partition coefficient (Wildman–Crippen LogP) is 2.29. The largest absolute Gasteiger partial charge is 0.495 e. The summed E-state index contributed by atoms with van der Waals surface area (Å²) in [6.45, 7) is 11.4. The highest BCUT2D eigenvalue weighted by Gasteiger charge is 2.25. The number of nitrogens with one attached hydrogen (secondary N) is 1. The van der Waals surface area contributed by atoms with E-state index in [0.717, 1.165) is 63.1 Å². The molecule has 7 nitrogen and oxygen atoms in total. The van der Waals surface area contributed by atoms with Crippen molar-refractivity contribution in [3.8, 4) is 5.75 Å². The van der Waals surface area contributed by atoms with Crippen molar-refractivity contribution >= 4 is 17.6 Å². The minimum Gasteiger partial charge on any atom is -0.495 e. The molecule has 162 valence electrons. The van der Waals surface area contributed by atoms with Crippen molar-refractivity contribution < 1.29 is 9.53 Å². The first-order valence-electron chi connectivity index (χ1n) is 10.7. The number of hydrogen-bond donors (Lipinski definition) is 1. The maximum atomic E-state index is 12.4. The highest BCUT2D eigenvalue weighted by molar-refractivity contribution is 5.86. The first kappa shape index (κ1) is 22.8. The molecule has 0 bridgehead atoms. The molecule has 29 heavy (non-hydrogen) atoms. The fraction of sp³-hybridized carbons (Fsp3) is 0.636. The summed E-state index contributed by atoms with van der Waals surface area (Å²) in [6.07, 6.45) is 1.10. The summed E-state index contributed by atoms with van der Waals surface area (Å²) < 4.78 is 5.51. The van der Waals surface area contributed by atoms with Gasteiger partial charge in [0, 0.05) is 46.3 Å². The van der Waals surface area contributed by atoms with Crippen LogP contribution in [-0.2, 0) is 4.79 Å². The number of carbonyl (C=O) groups excluding carboxylic acids is 1. The highest BCUT2D eigenvalue weighted by atomic mass is 16.5. The van der Waals surface area contributed by atoms with Gasteiger partial charge in [-0.05, 0) is 45.2 Å². The Bertz CT molecular complexity index is 675. The Morgan fingerprint density at radius 1 is 1.28 bits per heavy atom. The molecule has 0 saturated carbocycles. The van der Waals surface area contributed by atoms with Crippen LogP contribution in [0, 0.1) is 5.92 Å². The Labute approximate surface area is 175 Å². The second kappa shape index (κ2) is 11.5. The molecule has 0 aliphatic carbocycles. The number of hydrogen-bond acceptors (Lipinski definition) is 4. The smallest absolute Gasteiger partial charge is 0.242 e. The molecule has 1 unspecified atom stereocenters. The number of carbonyl (C=O) groups is 1. The number of likely N-dealkylation sites (N-methyl/N-ethyl adjacent to an activating group) is 2. The van der Waals surface area contributed by atoms with Gasteiger partial charge in [0.15, 0.2) is 5.96 Å². The maximum absolute atomic E-state index is 12.4. The van der Waals surface area contributed by atoms with Crippen LogP contribution in [0.15, 0.2) is 29.3 Å². The Morgan fingerprint density at radius 2 is 2.00 bits per heavy atom. The van der Waals surface area contributed by atoms with E-state index in [1.807, 2.05) is 42.8 Å². The van der Waals surface area contributed by atoms with Crippen LogP contribution >= 0.6 is 0 Å². The number of ether oxygens (including phenoxy) is 1. The van der Waals surface area contributed by atoms with E-state index < -0.39 is 0 Å². The van der Waals surface area contributed by atoms with Crippen LogP contribution in [-0.4, -0.2) is 81.6 Å². The highest BCUT2D eigenvalue weighted by Crippen LogP contribution is 2.31. The number of amides is 1. The number of rotatable bonds is 9. The van der Waals surface area contributed by atoms with Crippen molar-refractivity contribution in [2.24, 2.45) is 10.9 Å². The fourth-order valence-electron chi connectivity index (χ4n) is 3.73. The van der Waals surface area contributed by atoms with Gasteiger partial charge in [-0.2, -0.15) is 0 Å². The molecule has 0 aromatic heterocycles. The molecule has 0 spiro atoms. The average molecular weight is 404 g/mol. The lowest BCUT2D eigenvalue weighted by Crippen LogP contribution is -2.45. The van der Waals surface area contributed by atoms with E-state index in [9.17, 15) is 4.79 Å². The predicted molar refractivity (Wildman–Crippen MR) is 120 cm³/mol. The summed E-state index contributed by atoms with van der Waals surface area (Å²) >= 11 is 0. The molecular formula is C22H37N5O2. The molecule has 1 N–H and O–H groups in total. The third kappa shape index (κ3) is 6.27. The lowest BCUT2D eigenvalue weighted by atomic mass is 10.1. The van der Waals surface area contributed by atoms with Crippen molar-refractivity contribution in [2.75, 3.05) is 64.9 Å². The number of para-hydroxylation sites is 2. The number of benzene rings is 1. The fourth-order valence-corrected chi connectivity index (χ4v) is 3.73. The van der Waals surface area contributed by atoms with Gasteiger partial charge >= 0.3 is 0 Å². The van der Waals surface area contributed by atoms with Crippen LogP contribution in [0.2, 0.25) is 0 Å². The van der Waals surface area contributed by atoms with E-state index in [-0.39, 0.29) is 5.91 Å². The van der Waals surface area contributed by atoms with Gasteiger partial charge in [0.1, 0.15) is 5.75 Å². The van der Waals surface area contributed by atoms with Gasteiger partial charge < -0.3 is 24.8 Å². The number of nitrogens with zero attached hydrogens (tertiary/aromatic N) is 4. The summed E-state index contributed by atoms with van der Waals surface area (Å²) in [5, 5.41) is 3.32. The Balaban J connectivity index is 1.97. The minimum absolute atomic E-state index is 0.131. The zero-order valence-electron chi connectivity index (χ0n) is 18.6. The number of methoxy groups -OCH3 is 1. The van der Waals surface area contributed by atoms with Gasteiger partial charge in [0.25, 0.3) is 0 Å². The van der Waals surface area contributed by atoms with E-state index in [4.69, 9.17) is 9.73 Å². The van der Waals surface area contributed by atoms with Crippen molar-refractivity contribution in [3.05, 3.63) is 24.3 Å². The minimum atomic E-state index is 0.131. The molecule has 1 aromatic rings. The summed E-state index contributed by atoms with van der Waals surface area (Å²) in [6, 6.07) is 8.17. The van der Waals surface area contributed by atoms with Crippen LogP contribution < -0.4 is 15.0 Å². The van der Waals surface area contributed by atoms with Gasteiger partial charge in [-0.3, -0.25) is 9.79 Å². The van der Waals surface area contributed by atoms with E-state index in [2.05, 4.69) is 29.3 Å². The first-order valence-corrected chi connectivity index (χ1v) is 10.7. The second-order valence-electron chi connectivity index (χ2n) is 7.39. The lowest BCUT2D eigenvalue weighted by molar-refractivity contribution is -0.131. The van der Waals surface area contributed by atoms with E-state index in [1.54, 1.807) is 7.11 Å². The number of guanidine groups is 1. The van der Waals surface area contributed by atoms with E-state index in [1.165, 1.54) is 0 Å². The molecule has 0 radical (unpaired) electrons. The monoisotopic (exact) mass is 403 g/mol. The third-order valence-corrected chi connectivity index (χ3v) is 5.40. The molecular weight excluding hydrogens is 366 g/mol. The molecule has 1 heterocycles. The Morgan fingerprint density at radius 3 is 2.66 bits per heavy atom. The summed E-state index contributed by atoms with van der Waals surface area (Å²) in [5.74, 6) is 2.33. The first-order chi connectivity index (χ1) is 14.0. The molecule has 1 aromatic carbocycles. The van der Waals surface area contributed by atoms with Crippen LogP contribution in [0.4, 0.5) is 5.69 Å². The molecule has 1 atom stereocenters. The summed E-state index contributed by atoms with van der Waals surface area (Å²) in [5.41, 5.74) is 1.15. The van der Waals surface area contributed by atoms with E-state index in [0.29, 0.717) is 12.5 Å². The standard InChI is InChI=1S/C22H37N5O2/c1-6-23-22(25(4)17-21(28)26(7-2)8-3)24-15-18-13-14-27(16-18)19-11-9-10-12-20(19)29-5/h9-12,18H,6-8,13-17H2,1-5H3,(H,23,24). The summed E-state index contributed by atoms with van der Waals surface area (Å²) in [4.78, 5) is 23.4. The SMILES string of the molecule is CCNC(=NCC1CCN(c2ccccc2OC)C1)N(C)CC(=O)N(CC)CC. The molecule has 1 amide bonds. The molecule has 7 heteroatoms. The van der Waals surface area contributed by atoms with Crippen LogP contribution in [0.25, 0.3) is 0 Å². The van der Waals surface area contributed by atoms with E-state index >= 15 is 0 Å². The quantitative estimate of drug-likeness (QED) is 0.506. The number of aliphatic imine (C=N–C) groups is 1. The van der Waals surface area contributed by atoms with Crippen LogP contribution in [0.1, 0.15) is 27.2 Å². The van der Waals surface area contributed by atoms with Crippen molar-refractivity contribution in [2.45, 2.75) is 27.2 Å². The topological polar surface area (TPSA) is 60.4 Å². The van der Waals surface area contributed by atoms with Crippen molar-refractivity contribution in [1.82, 2.24) is 15.1 Å². The van der Waals surface area contributed by atoms with Crippen LogP contribution in [0.3, 0.4) is 0 Å². The molecule has 1 aliphatic rings. The normalized spacial score (nSPS) is 16.7. The van der Waals surface area contributed by atoms with Gasteiger partial charge in [-0.1, -0.05) is 12.1 Å². The van der Waals surface area contributed by atoms with Gasteiger partial charge in [0.05, 0.1) is 19.3 Å². The average Bonchev–Trinajstić information content (AvgIpc) is 3.20. The van der Waals surface area contributed by atoms with Crippen molar-refractivity contribution in [3.63, 3.8) is 0 Å². The zero-order valence-corrected chi connectivity index (χ0v) is 18.6. The second-order valence-corrected chi connectivity index (χ2v) is 7.39. The molecule has 1 aliphatic heterocycles. The summed E-state index contributed by atoms with van der Waals surface area (Å²) in [7, 11) is 3.65. The Hall–Kier alpha value is -2.44. The lowest BCUT2D eigenvalue weighted by Gasteiger charge is -2.26. The maximum Gasteiger partial charge on any atom is 0.242 e. The molecule has 1 fully saturated rings. The van der Waals surface area contributed by atoms with Gasteiger partial charge in [0.2, 0.25) is 5.91 Å². The zero-order chi connectivity index (χ0) is 21.2. The van der Waals surface area contributed by atoms with Gasteiger partial charge in [-0.15, -0.1) is 0 Å².